The average Bonchev–Trinajstić information content (AvgIpc) is 2.78. The van der Waals surface area contributed by atoms with Crippen molar-refractivity contribution < 1.29 is 4.39 Å². The Bertz CT molecular complexity index is 561. The summed E-state index contributed by atoms with van der Waals surface area (Å²) in [5.41, 5.74) is 4.08. The van der Waals surface area contributed by atoms with Gasteiger partial charge in [-0.25, -0.2) is 4.39 Å². The highest BCUT2D eigenvalue weighted by Crippen LogP contribution is 2.27. The molecule has 102 valence electrons. The van der Waals surface area contributed by atoms with E-state index in [1.807, 2.05) is 30.8 Å². The third-order valence-electron chi connectivity index (χ3n) is 3.19. The van der Waals surface area contributed by atoms with Gasteiger partial charge in [-0.15, -0.1) is 0 Å². The van der Waals surface area contributed by atoms with Crippen LogP contribution in [-0.4, -0.2) is 16.3 Å². The van der Waals surface area contributed by atoms with Crippen molar-refractivity contribution in [2.24, 2.45) is 0 Å². The van der Waals surface area contributed by atoms with E-state index in [9.17, 15) is 4.39 Å². The molecule has 0 unspecified atom stereocenters. The summed E-state index contributed by atoms with van der Waals surface area (Å²) in [4.78, 5) is 0. The number of nitrogens with zero attached hydrogens (tertiary/aromatic N) is 2. The molecule has 1 N–H and O–H groups in total. The van der Waals surface area contributed by atoms with Crippen molar-refractivity contribution in [3.05, 3.63) is 41.5 Å². The summed E-state index contributed by atoms with van der Waals surface area (Å²) in [6, 6.07) is 4.94. The summed E-state index contributed by atoms with van der Waals surface area (Å²) in [6.07, 6.45) is 2.03. The van der Waals surface area contributed by atoms with Crippen LogP contribution in [0.25, 0.3) is 11.1 Å². The lowest BCUT2D eigenvalue weighted by molar-refractivity contribution is 0.622. The first-order chi connectivity index (χ1) is 9.15. The van der Waals surface area contributed by atoms with Crippen LogP contribution < -0.4 is 5.32 Å². The van der Waals surface area contributed by atoms with Gasteiger partial charge in [0.25, 0.3) is 0 Å². The molecule has 19 heavy (non-hydrogen) atoms. The molecule has 0 aliphatic carbocycles. The standard InChI is InChI=1S/C15H20FN3/c1-4-17-9-12-8-13(16)6-7-14(12)15-10-19(5-2)18-11(15)3/h6-8,10,17H,4-5,9H2,1-3H3. The minimum Gasteiger partial charge on any atom is -0.313 e. The zero-order chi connectivity index (χ0) is 13.8. The Hall–Kier alpha value is -1.68. The second kappa shape index (κ2) is 5.97. The minimum atomic E-state index is -0.197. The first kappa shape index (κ1) is 13.7. The maximum atomic E-state index is 13.4. The molecule has 4 heteroatoms. The van der Waals surface area contributed by atoms with Gasteiger partial charge < -0.3 is 5.32 Å². The SMILES string of the molecule is CCNCc1cc(F)ccc1-c1cn(CC)nc1C. The van der Waals surface area contributed by atoms with Gasteiger partial charge in [-0.2, -0.15) is 5.10 Å². The average molecular weight is 261 g/mol. The summed E-state index contributed by atoms with van der Waals surface area (Å²) < 4.78 is 15.3. The molecule has 0 amide bonds. The fourth-order valence-corrected chi connectivity index (χ4v) is 2.18. The van der Waals surface area contributed by atoms with Gasteiger partial charge in [-0.1, -0.05) is 13.0 Å². The Morgan fingerprint density at radius 2 is 2.05 bits per heavy atom. The van der Waals surface area contributed by atoms with E-state index in [0.717, 1.165) is 35.5 Å². The Kier molecular flexibility index (Phi) is 4.32. The van der Waals surface area contributed by atoms with Gasteiger partial charge in [0, 0.05) is 24.8 Å². The second-order valence-corrected chi connectivity index (χ2v) is 4.57. The molecule has 0 aliphatic rings. The van der Waals surface area contributed by atoms with Crippen LogP contribution in [0.15, 0.2) is 24.4 Å². The number of aromatic nitrogens is 2. The fraction of sp³-hybridized carbons (Fsp3) is 0.400. The molecule has 2 aromatic rings. The molecule has 3 nitrogen and oxygen atoms in total. The first-order valence-electron chi connectivity index (χ1n) is 6.69. The molecular formula is C15H20FN3. The second-order valence-electron chi connectivity index (χ2n) is 4.57. The van der Waals surface area contributed by atoms with Crippen LogP contribution >= 0.6 is 0 Å². The van der Waals surface area contributed by atoms with Gasteiger partial charge in [-0.05, 0) is 43.7 Å². The third kappa shape index (κ3) is 3.01. The highest BCUT2D eigenvalue weighted by Gasteiger charge is 2.11. The molecule has 0 saturated carbocycles. The molecule has 0 aliphatic heterocycles. The number of rotatable bonds is 5. The van der Waals surface area contributed by atoms with Crippen molar-refractivity contribution >= 4 is 0 Å². The Balaban J connectivity index is 2.44. The molecule has 0 bridgehead atoms. The molecular weight excluding hydrogens is 241 g/mol. The van der Waals surface area contributed by atoms with Crippen LogP contribution in [-0.2, 0) is 13.1 Å². The van der Waals surface area contributed by atoms with E-state index in [-0.39, 0.29) is 5.82 Å². The van der Waals surface area contributed by atoms with Crippen LogP contribution in [0.3, 0.4) is 0 Å². The van der Waals surface area contributed by atoms with E-state index >= 15 is 0 Å². The lowest BCUT2D eigenvalue weighted by Gasteiger charge is -2.09. The molecule has 0 atom stereocenters. The van der Waals surface area contributed by atoms with Crippen molar-refractivity contribution in [2.45, 2.75) is 33.9 Å². The molecule has 0 fully saturated rings. The quantitative estimate of drug-likeness (QED) is 0.896. The smallest absolute Gasteiger partial charge is 0.123 e. The summed E-state index contributed by atoms with van der Waals surface area (Å²) >= 11 is 0. The molecule has 1 heterocycles. The number of hydrogen-bond acceptors (Lipinski definition) is 2. The van der Waals surface area contributed by atoms with Crippen LogP contribution in [0, 0.1) is 12.7 Å². The fourth-order valence-electron chi connectivity index (χ4n) is 2.18. The van der Waals surface area contributed by atoms with Crippen LogP contribution in [0.4, 0.5) is 4.39 Å². The lowest BCUT2D eigenvalue weighted by atomic mass is 10.00. The van der Waals surface area contributed by atoms with E-state index < -0.39 is 0 Å². The summed E-state index contributed by atoms with van der Waals surface area (Å²) in [5.74, 6) is -0.197. The zero-order valence-corrected chi connectivity index (χ0v) is 11.7. The number of hydrogen-bond donors (Lipinski definition) is 1. The summed E-state index contributed by atoms with van der Waals surface area (Å²) in [6.45, 7) is 8.45. The van der Waals surface area contributed by atoms with Crippen molar-refractivity contribution in [2.75, 3.05) is 6.54 Å². The summed E-state index contributed by atoms with van der Waals surface area (Å²) in [7, 11) is 0. The normalized spacial score (nSPS) is 10.9. The van der Waals surface area contributed by atoms with E-state index in [0.29, 0.717) is 6.54 Å². The van der Waals surface area contributed by atoms with Crippen molar-refractivity contribution in [3.63, 3.8) is 0 Å². The Morgan fingerprint density at radius 3 is 2.68 bits per heavy atom. The van der Waals surface area contributed by atoms with E-state index in [1.54, 1.807) is 6.07 Å². The van der Waals surface area contributed by atoms with Crippen molar-refractivity contribution in [3.8, 4) is 11.1 Å². The Labute approximate surface area is 113 Å². The predicted molar refractivity (Wildman–Crippen MR) is 75.4 cm³/mol. The largest absolute Gasteiger partial charge is 0.313 e. The van der Waals surface area contributed by atoms with Gasteiger partial charge in [0.05, 0.1) is 5.69 Å². The van der Waals surface area contributed by atoms with Gasteiger partial charge in [0.2, 0.25) is 0 Å². The first-order valence-corrected chi connectivity index (χ1v) is 6.69. The van der Waals surface area contributed by atoms with Crippen molar-refractivity contribution in [1.82, 2.24) is 15.1 Å². The monoisotopic (exact) mass is 261 g/mol. The highest BCUT2D eigenvalue weighted by molar-refractivity contribution is 5.68. The van der Waals surface area contributed by atoms with Crippen LogP contribution in [0.2, 0.25) is 0 Å². The van der Waals surface area contributed by atoms with E-state index in [4.69, 9.17) is 0 Å². The number of halogens is 1. The van der Waals surface area contributed by atoms with Crippen molar-refractivity contribution in [1.29, 1.82) is 0 Å². The lowest BCUT2D eigenvalue weighted by Crippen LogP contribution is -2.12. The number of nitrogens with one attached hydrogen (secondary N) is 1. The van der Waals surface area contributed by atoms with Crippen LogP contribution in [0.1, 0.15) is 25.1 Å². The third-order valence-corrected chi connectivity index (χ3v) is 3.19. The molecule has 0 radical (unpaired) electrons. The molecule has 1 aromatic carbocycles. The molecule has 0 saturated heterocycles. The number of aryl methyl sites for hydroxylation is 2. The molecule has 0 spiro atoms. The predicted octanol–water partition coefficient (Wildman–Crippen LogP) is 3.13. The minimum absolute atomic E-state index is 0.197. The maximum Gasteiger partial charge on any atom is 0.123 e. The highest BCUT2D eigenvalue weighted by atomic mass is 19.1. The number of benzene rings is 1. The van der Waals surface area contributed by atoms with Gasteiger partial charge in [0.15, 0.2) is 0 Å². The topological polar surface area (TPSA) is 29.9 Å². The molecule has 2 rings (SSSR count). The summed E-state index contributed by atoms with van der Waals surface area (Å²) in [5, 5.41) is 7.70. The maximum absolute atomic E-state index is 13.4. The van der Waals surface area contributed by atoms with Gasteiger partial charge in [-0.3, -0.25) is 4.68 Å². The van der Waals surface area contributed by atoms with E-state index in [2.05, 4.69) is 17.3 Å². The Morgan fingerprint density at radius 1 is 1.26 bits per heavy atom. The zero-order valence-electron chi connectivity index (χ0n) is 11.7. The van der Waals surface area contributed by atoms with E-state index in [1.165, 1.54) is 6.07 Å². The molecule has 1 aromatic heterocycles. The van der Waals surface area contributed by atoms with Gasteiger partial charge >= 0.3 is 0 Å². The van der Waals surface area contributed by atoms with Gasteiger partial charge in [0.1, 0.15) is 5.82 Å². The van der Waals surface area contributed by atoms with Crippen LogP contribution in [0.5, 0.6) is 0 Å².